The summed E-state index contributed by atoms with van der Waals surface area (Å²) < 4.78 is 163. The van der Waals surface area contributed by atoms with Crippen LogP contribution >= 0.6 is 0 Å². The van der Waals surface area contributed by atoms with Gasteiger partial charge in [0.1, 0.15) is 29.3 Å². The van der Waals surface area contributed by atoms with E-state index in [1.807, 2.05) is 7.05 Å². The first kappa shape index (κ1) is 61.0. The van der Waals surface area contributed by atoms with Gasteiger partial charge in [0.25, 0.3) is 33.9 Å². The number of benzene rings is 2. The van der Waals surface area contributed by atoms with Crippen molar-refractivity contribution in [2.75, 3.05) is 12.5 Å². The normalized spacial score (nSPS) is 12.8. The number of hydrogen-bond donors (Lipinski definition) is 0. The highest BCUT2D eigenvalue weighted by atomic mass is 32.3. The molecule has 20 nitrogen and oxygen atoms in total. The molecule has 4 aromatic heterocycles. The van der Waals surface area contributed by atoms with Crippen molar-refractivity contribution < 1.29 is 69.1 Å². The molecular weight excluding hydrogens is 1070 g/mol. The highest BCUT2D eigenvalue weighted by Crippen LogP contribution is 2.30. The number of rotatable bonds is 15. The summed E-state index contributed by atoms with van der Waals surface area (Å²) in [6.45, 7) is 21.7. The second-order valence-corrected chi connectivity index (χ2v) is 24.5. The molecule has 0 aliphatic carbocycles. The van der Waals surface area contributed by atoms with Gasteiger partial charge < -0.3 is 8.25 Å². The fraction of sp³-hybridized carbons (Fsp3) is 0.500. The van der Waals surface area contributed by atoms with Gasteiger partial charge in [-0.05, 0) is 54.7 Å². The molecule has 4 heterocycles. The molecule has 6 rings (SSSR count). The number of imidazole rings is 2. The predicted molar refractivity (Wildman–Crippen MR) is 264 cm³/mol. The predicted octanol–water partition coefficient (Wildman–Crippen LogP) is 4.22. The molecule has 2 aromatic carbocycles. The number of alkyl halides is 6. The minimum Gasteiger partial charge on any atom is -0.429 e. The van der Waals surface area contributed by atoms with Crippen molar-refractivity contribution in [1.29, 1.82) is 0 Å². The fourth-order valence-electron chi connectivity index (χ4n) is 8.37. The number of fused-ring (bicyclic) bond motifs is 2. The third-order valence-corrected chi connectivity index (χ3v) is 17.5. The lowest BCUT2D eigenvalue weighted by Gasteiger charge is -2.19. The van der Waals surface area contributed by atoms with Gasteiger partial charge in [-0.25, -0.2) is 51.9 Å². The Morgan fingerprint density at radius 1 is 0.500 bits per heavy atom. The lowest BCUT2D eigenvalue weighted by atomic mass is 9.98. The van der Waals surface area contributed by atoms with Crippen LogP contribution in [0.15, 0.2) is 43.4 Å². The van der Waals surface area contributed by atoms with E-state index < -0.39 is 73.3 Å². The average Bonchev–Trinajstić information content (AvgIpc) is 3.79. The standard InChI is InChI=1S/C40H50N6O4.2C2H3F3NO4S2/c1-11-31-18-24(3)32(19-23(31)2)22-46-28(7)27(6)43(30(46)9)15-13-17-45-39(49)35-20-33-34(21-36(35)40(45)50)38(48)44(37(33)47)16-12-14-42-26(5)25(4)41(10)29(42)8;2*1-11(7,8)6-12(9,10)2(3,4)5/h18-21H,11-17,22H2,1-10H3;2*1H3/q+2;2*-1. The summed E-state index contributed by atoms with van der Waals surface area (Å²) in [7, 11) is -18.9. The Labute approximate surface area is 422 Å². The molecule has 0 radical (unpaired) electrons. The molecule has 74 heavy (non-hydrogen) atoms. The van der Waals surface area contributed by atoms with Crippen molar-refractivity contribution in [3.63, 3.8) is 0 Å². The van der Waals surface area contributed by atoms with Gasteiger partial charge in [-0.3, -0.25) is 28.3 Å². The van der Waals surface area contributed by atoms with Crippen LogP contribution in [0.3, 0.4) is 0 Å². The van der Waals surface area contributed by atoms with E-state index in [1.54, 1.807) is 8.25 Å². The van der Waals surface area contributed by atoms with Gasteiger partial charge in [0.2, 0.25) is 0 Å². The van der Waals surface area contributed by atoms with Crippen LogP contribution in [-0.2, 0) is 86.3 Å². The van der Waals surface area contributed by atoms with Gasteiger partial charge in [-0.15, -0.1) is 0 Å². The Balaban J connectivity index is 0.000000408. The van der Waals surface area contributed by atoms with Crippen LogP contribution in [-0.4, -0.2) is 75.5 Å². The zero-order valence-electron chi connectivity index (χ0n) is 42.3. The fourth-order valence-corrected chi connectivity index (χ4v) is 11.9. The summed E-state index contributed by atoms with van der Waals surface area (Å²) in [4.78, 5) is 53.8. The van der Waals surface area contributed by atoms with Crippen LogP contribution in [0, 0.1) is 55.4 Å². The minimum absolute atomic E-state index is 0.195. The van der Waals surface area contributed by atoms with E-state index in [0.29, 0.717) is 25.9 Å². The first-order chi connectivity index (χ1) is 33.6. The summed E-state index contributed by atoms with van der Waals surface area (Å²) in [5.74, 6) is 2.23. The Kier molecular flexibility index (Phi) is 18.1. The SMILES string of the molecule is CCc1cc(C)c(C[n+]2c(C)c(C)n(CCCn3c(=O)c4cc5c(=O)n(CCCn6c(C)c(C)[n+](C)c6C)c(=O)c5cc4c3=O)c2C)cc1C.CS(=O)(=O)[N-]S(=O)(=O)C(F)(F)F.CS(=O)(=O)[N-]S(=O)(=O)C(F)(F)F. The summed E-state index contributed by atoms with van der Waals surface area (Å²) in [6, 6.07) is 7.51. The molecule has 0 spiro atoms. The van der Waals surface area contributed by atoms with Gasteiger partial charge in [0.15, 0.2) is 20.0 Å². The van der Waals surface area contributed by atoms with E-state index in [9.17, 15) is 79.2 Å². The molecule has 410 valence electrons. The highest BCUT2D eigenvalue weighted by Gasteiger charge is 2.41. The molecule has 0 saturated heterocycles. The van der Waals surface area contributed by atoms with Gasteiger partial charge in [-0.2, -0.15) is 26.3 Å². The zero-order chi connectivity index (χ0) is 56.8. The van der Waals surface area contributed by atoms with Crippen LogP contribution in [0.4, 0.5) is 26.3 Å². The lowest BCUT2D eigenvalue weighted by Crippen LogP contribution is -2.39. The maximum atomic E-state index is 13.5. The second-order valence-electron chi connectivity index (χ2n) is 17.6. The molecule has 30 heteroatoms. The van der Waals surface area contributed by atoms with Crippen LogP contribution in [0.2, 0.25) is 0 Å². The van der Waals surface area contributed by atoms with E-state index in [2.05, 4.69) is 92.7 Å². The lowest BCUT2D eigenvalue weighted by molar-refractivity contribution is -0.699. The Morgan fingerprint density at radius 3 is 1.14 bits per heavy atom. The first-order valence-corrected chi connectivity index (χ1v) is 28.8. The van der Waals surface area contributed by atoms with Crippen molar-refractivity contribution in [2.24, 2.45) is 7.05 Å². The van der Waals surface area contributed by atoms with E-state index >= 15 is 0 Å². The highest BCUT2D eigenvalue weighted by molar-refractivity contribution is 8.12. The third-order valence-electron chi connectivity index (χ3n) is 12.6. The maximum absolute atomic E-state index is 13.5. The van der Waals surface area contributed by atoms with E-state index in [0.717, 1.165) is 36.0 Å². The largest absolute Gasteiger partial charge is 0.480 e. The molecular formula is C44H56F6N8O12S4. The van der Waals surface area contributed by atoms with Crippen LogP contribution in [0.1, 0.15) is 76.4 Å². The average molecular weight is 1130 g/mol. The van der Waals surface area contributed by atoms with E-state index in [1.165, 1.54) is 54.9 Å². The van der Waals surface area contributed by atoms with Crippen LogP contribution in [0.25, 0.3) is 29.8 Å². The molecule has 0 aliphatic heterocycles. The summed E-state index contributed by atoms with van der Waals surface area (Å²) in [5, 5.41) is 0.779. The smallest absolute Gasteiger partial charge is 0.429 e. The number of aryl methyl sites for hydroxylation is 3. The van der Waals surface area contributed by atoms with Crippen molar-refractivity contribution in [3.05, 3.63) is 131 Å². The van der Waals surface area contributed by atoms with Gasteiger partial charge in [0, 0.05) is 80.0 Å². The minimum atomic E-state index is -5.92. The monoisotopic (exact) mass is 1130 g/mol. The molecule has 0 amide bonds. The molecule has 0 fully saturated rings. The zero-order valence-corrected chi connectivity index (χ0v) is 45.6. The van der Waals surface area contributed by atoms with Crippen molar-refractivity contribution in [3.8, 4) is 0 Å². The van der Waals surface area contributed by atoms with E-state index in [-0.39, 0.29) is 47.1 Å². The van der Waals surface area contributed by atoms with Gasteiger partial charge in [0.05, 0.1) is 61.7 Å². The maximum Gasteiger partial charge on any atom is 0.480 e. The van der Waals surface area contributed by atoms with Crippen molar-refractivity contribution >= 4 is 61.6 Å². The number of halogens is 6. The summed E-state index contributed by atoms with van der Waals surface area (Å²) in [5.41, 5.74) is -3.03. The first-order valence-electron chi connectivity index (χ1n) is 22.2. The molecule has 0 bridgehead atoms. The molecule has 0 saturated carbocycles. The van der Waals surface area contributed by atoms with E-state index in [4.69, 9.17) is 0 Å². The Morgan fingerprint density at radius 2 is 0.824 bits per heavy atom. The summed E-state index contributed by atoms with van der Waals surface area (Å²) in [6.07, 6.45) is 2.69. The molecule has 0 N–H and O–H groups in total. The van der Waals surface area contributed by atoms with Crippen LogP contribution in [0.5, 0.6) is 0 Å². The number of aromatic nitrogens is 6. The molecule has 6 aromatic rings. The van der Waals surface area contributed by atoms with Crippen molar-refractivity contribution in [2.45, 2.75) is 125 Å². The third kappa shape index (κ3) is 13.3. The Bertz CT molecular complexity index is 3670. The summed E-state index contributed by atoms with van der Waals surface area (Å²) >= 11 is 0. The second kappa shape index (κ2) is 22.0. The molecule has 0 atom stereocenters. The van der Waals surface area contributed by atoms with Crippen molar-refractivity contribution in [1.82, 2.24) is 18.3 Å². The van der Waals surface area contributed by atoms with Gasteiger partial charge >= 0.3 is 11.0 Å². The number of sulfonamides is 4. The number of hydrogen-bond acceptors (Lipinski definition) is 12. The topological polar surface area (TPSA) is 261 Å². The van der Waals surface area contributed by atoms with Gasteiger partial charge in [-0.1, -0.05) is 19.1 Å². The van der Waals surface area contributed by atoms with Crippen LogP contribution < -0.4 is 31.4 Å². The Hall–Kier alpha value is -5.56. The molecule has 0 unspecified atom stereocenters. The number of nitrogens with zero attached hydrogens (tertiary/aromatic N) is 8. The molecule has 0 aliphatic rings. The quantitative estimate of drug-likeness (QED) is 0.103.